The highest BCUT2D eigenvalue weighted by Crippen LogP contribution is 2.17. The highest BCUT2D eigenvalue weighted by atomic mass is 16.1. The van der Waals surface area contributed by atoms with E-state index in [1.165, 1.54) is 5.56 Å². The number of likely N-dealkylation sites (tertiary alicyclic amines) is 1. The van der Waals surface area contributed by atoms with E-state index < -0.39 is 0 Å². The molecule has 2 N–H and O–H groups in total. The van der Waals surface area contributed by atoms with Crippen LogP contribution in [0, 0.1) is 0 Å². The van der Waals surface area contributed by atoms with Crippen molar-refractivity contribution < 1.29 is 4.79 Å². The summed E-state index contributed by atoms with van der Waals surface area (Å²) in [6, 6.07) is 23.8. The summed E-state index contributed by atoms with van der Waals surface area (Å²) < 4.78 is 0. The summed E-state index contributed by atoms with van der Waals surface area (Å²) in [5.41, 5.74) is 2.40. The molecule has 4 rings (SSSR count). The lowest BCUT2D eigenvalue weighted by Crippen LogP contribution is -2.38. The maximum absolute atomic E-state index is 12.3. The average molecular weight is 387 g/mol. The highest BCUT2D eigenvalue weighted by molar-refractivity contribution is 6.02. The minimum atomic E-state index is -0.260. The number of para-hydroxylation sites is 1. The number of anilines is 2. The second-order valence-corrected chi connectivity index (χ2v) is 7.30. The molecule has 1 fully saturated rings. The minimum absolute atomic E-state index is 0.260. The van der Waals surface area contributed by atoms with Gasteiger partial charge in [0.25, 0.3) is 5.91 Å². The molecule has 148 valence electrons. The van der Waals surface area contributed by atoms with Crippen molar-refractivity contribution in [2.75, 3.05) is 23.7 Å². The quantitative estimate of drug-likeness (QED) is 0.673. The lowest BCUT2D eigenvalue weighted by Gasteiger charge is -2.32. The summed E-state index contributed by atoms with van der Waals surface area (Å²) in [4.78, 5) is 14.7. The fraction of sp³-hybridized carbons (Fsp3) is 0.261. The predicted molar refractivity (Wildman–Crippen MR) is 115 cm³/mol. The molecule has 29 heavy (non-hydrogen) atoms. The Morgan fingerprint density at radius 2 is 1.59 bits per heavy atom. The van der Waals surface area contributed by atoms with Gasteiger partial charge in [0.1, 0.15) is 5.82 Å². The molecule has 1 saturated heterocycles. The van der Waals surface area contributed by atoms with Crippen LogP contribution in [0.1, 0.15) is 28.9 Å². The molecular formula is C23H25N5O. The van der Waals surface area contributed by atoms with Crippen molar-refractivity contribution in [1.82, 2.24) is 15.1 Å². The number of piperidine rings is 1. The van der Waals surface area contributed by atoms with Gasteiger partial charge in [-0.05, 0) is 42.7 Å². The SMILES string of the molecule is O=C(Nc1ccccc1)c1ccc(NC2CCN(Cc3ccccc3)CC2)nn1. The summed E-state index contributed by atoms with van der Waals surface area (Å²) in [5.74, 6) is 0.451. The fourth-order valence-electron chi connectivity index (χ4n) is 3.53. The first-order valence-electron chi connectivity index (χ1n) is 9.99. The number of hydrogen-bond donors (Lipinski definition) is 2. The maximum atomic E-state index is 12.3. The standard InChI is InChI=1S/C23H25N5O/c29-23(25-19-9-5-2-6-10-19)21-11-12-22(27-26-21)24-20-13-15-28(16-14-20)17-18-7-3-1-4-8-18/h1-12,20H,13-17H2,(H,24,27)(H,25,29). The van der Waals surface area contributed by atoms with Crippen molar-refractivity contribution in [2.24, 2.45) is 0 Å². The molecule has 6 nitrogen and oxygen atoms in total. The Morgan fingerprint density at radius 3 is 2.24 bits per heavy atom. The summed E-state index contributed by atoms with van der Waals surface area (Å²) in [5, 5.41) is 14.5. The van der Waals surface area contributed by atoms with E-state index in [0.29, 0.717) is 17.6 Å². The molecule has 1 amide bonds. The van der Waals surface area contributed by atoms with E-state index in [4.69, 9.17) is 0 Å². The molecule has 3 aromatic rings. The number of benzene rings is 2. The first kappa shape index (κ1) is 19.1. The number of nitrogens with zero attached hydrogens (tertiary/aromatic N) is 3. The number of carbonyl (C=O) groups excluding carboxylic acids is 1. The number of hydrogen-bond acceptors (Lipinski definition) is 5. The smallest absolute Gasteiger partial charge is 0.276 e. The zero-order valence-corrected chi connectivity index (χ0v) is 16.3. The summed E-state index contributed by atoms with van der Waals surface area (Å²) in [6.45, 7) is 3.10. The van der Waals surface area contributed by atoms with E-state index in [0.717, 1.165) is 38.2 Å². The van der Waals surface area contributed by atoms with Gasteiger partial charge in [-0.15, -0.1) is 10.2 Å². The van der Waals surface area contributed by atoms with Crippen molar-refractivity contribution in [3.63, 3.8) is 0 Å². The number of amides is 1. The van der Waals surface area contributed by atoms with Crippen molar-refractivity contribution >= 4 is 17.4 Å². The van der Waals surface area contributed by atoms with Gasteiger partial charge in [-0.2, -0.15) is 0 Å². The van der Waals surface area contributed by atoms with E-state index in [9.17, 15) is 4.79 Å². The Labute approximate surface area is 171 Å². The molecule has 0 saturated carbocycles. The topological polar surface area (TPSA) is 70.2 Å². The molecule has 2 aromatic carbocycles. The number of rotatable bonds is 6. The molecular weight excluding hydrogens is 362 g/mol. The van der Waals surface area contributed by atoms with Gasteiger partial charge in [-0.25, -0.2) is 0 Å². The monoisotopic (exact) mass is 387 g/mol. The molecule has 0 radical (unpaired) electrons. The molecule has 1 aliphatic rings. The fourth-order valence-corrected chi connectivity index (χ4v) is 3.53. The summed E-state index contributed by atoms with van der Waals surface area (Å²) >= 11 is 0. The van der Waals surface area contributed by atoms with Crippen LogP contribution in [0.25, 0.3) is 0 Å². The van der Waals surface area contributed by atoms with E-state index in [1.54, 1.807) is 6.07 Å². The Bertz CT molecular complexity index is 907. The summed E-state index contributed by atoms with van der Waals surface area (Å²) in [7, 11) is 0. The lowest BCUT2D eigenvalue weighted by molar-refractivity contribution is 0.102. The molecule has 0 bridgehead atoms. The number of aromatic nitrogens is 2. The molecule has 0 spiro atoms. The third-order valence-corrected chi connectivity index (χ3v) is 5.12. The van der Waals surface area contributed by atoms with Crippen molar-refractivity contribution in [1.29, 1.82) is 0 Å². The van der Waals surface area contributed by atoms with Gasteiger partial charge in [0.2, 0.25) is 0 Å². The second kappa shape index (κ2) is 9.30. The van der Waals surface area contributed by atoms with Crippen molar-refractivity contribution in [3.05, 3.63) is 84.1 Å². The van der Waals surface area contributed by atoms with E-state index in [2.05, 4.69) is 56.1 Å². The Hall–Kier alpha value is -3.25. The van der Waals surface area contributed by atoms with Crippen molar-refractivity contribution in [3.8, 4) is 0 Å². The van der Waals surface area contributed by atoms with Crippen LogP contribution in [-0.2, 0) is 6.54 Å². The van der Waals surface area contributed by atoms with Crippen LogP contribution in [0.3, 0.4) is 0 Å². The molecule has 0 atom stereocenters. The Balaban J connectivity index is 1.26. The zero-order valence-electron chi connectivity index (χ0n) is 16.3. The van der Waals surface area contributed by atoms with Crippen LogP contribution in [-0.4, -0.2) is 40.1 Å². The van der Waals surface area contributed by atoms with Crippen LogP contribution in [0.4, 0.5) is 11.5 Å². The molecule has 2 heterocycles. The van der Waals surface area contributed by atoms with E-state index in [-0.39, 0.29) is 5.91 Å². The third kappa shape index (κ3) is 5.39. The van der Waals surface area contributed by atoms with Gasteiger partial charge in [0.15, 0.2) is 5.69 Å². The van der Waals surface area contributed by atoms with Crippen molar-refractivity contribution in [2.45, 2.75) is 25.4 Å². The van der Waals surface area contributed by atoms with E-state index in [1.807, 2.05) is 36.4 Å². The van der Waals surface area contributed by atoms with Gasteiger partial charge < -0.3 is 10.6 Å². The van der Waals surface area contributed by atoms with Crippen LogP contribution in [0.5, 0.6) is 0 Å². The molecule has 0 aliphatic carbocycles. The van der Waals surface area contributed by atoms with Crippen LogP contribution in [0.2, 0.25) is 0 Å². The van der Waals surface area contributed by atoms with Gasteiger partial charge in [0.05, 0.1) is 0 Å². The minimum Gasteiger partial charge on any atom is -0.366 e. The third-order valence-electron chi connectivity index (χ3n) is 5.12. The normalized spacial score (nSPS) is 15.0. The first-order chi connectivity index (χ1) is 14.3. The van der Waals surface area contributed by atoms with Crippen LogP contribution < -0.4 is 10.6 Å². The molecule has 0 unspecified atom stereocenters. The molecule has 6 heteroatoms. The second-order valence-electron chi connectivity index (χ2n) is 7.30. The molecule has 1 aromatic heterocycles. The van der Waals surface area contributed by atoms with Crippen LogP contribution in [0.15, 0.2) is 72.8 Å². The zero-order chi connectivity index (χ0) is 19.9. The number of nitrogens with one attached hydrogen (secondary N) is 2. The average Bonchev–Trinajstić information content (AvgIpc) is 2.77. The van der Waals surface area contributed by atoms with Crippen LogP contribution >= 0.6 is 0 Å². The van der Waals surface area contributed by atoms with Gasteiger partial charge in [-0.1, -0.05) is 48.5 Å². The molecule has 1 aliphatic heterocycles. The summed E-state index contributed by atoms with van der Waals surface area (Å²) in [6.07, 6.45) is 2.12. The predicted octanol–water partition coefficient (Wildman–Crippen LogP) is 3.81. The maximum Gasteiger partial charge on any atom is 0.276 e. The van der Waals surface area contributed by atoms with Gasteiger partial charge in [0, 0.05) is 31.4 Å². The van der Waals surface area contributed by atoms with Gasteiger partial charge in [-0.3, -0.25) is 9.69 Å². The van der Waals surface area contributed by atoms with Gasteiger partial charge >= 0.3 is 0 Å². The van der Waals surface area contributed by atoms with E-state index >= 15 is 0 Å². The Morgan fingerprint density at radius 1 is 0.897 bits per heavy atom. The Kier molecular flexibility index (Phi) is 6.12. The highest BCUT2D eigenvalue weighted by Gasteiger charge is 2.19. The largest absolute Gasteiger partial charge is 0.366 e. The first-order valence-corrected chi connectivity index (χ1v) is 9.99. The lowest BCUT2D eigenvalue weighted by atomic mass is 10.0. The number of carbonyl (C=O) groups is 1.